The minimum Gasteiger partial charge on any atom is -0.384 e. The molecule has 0 rings (SSSR count). The first-order chi connectivity index (χ1) is 11.8. The Morgan fingerprint density at radius 1 is 0.667 bits per heavy atom. The van der Waals surface area contributed by atoms with E-state index in [2.05, 4.69) is 6.92 Å². The van der Waals surface area contributed by atoms with Crippen molar-refractivity contribution in [3.63, 3.8) is 0 Å². The number of hydrogen-bond donors (Lipinski definition) is 1. The summed E-state index contributed by atoms with van der Waals surface area (Å²) in [5, 5.41) is 0. The zero-order valence-electron chi connectivity index (χ0n) is 16.7. The molecule has 0 heterocycles. The maximum atomic E-state index is 5.69. The second-order valence-electron chi connectivity index (χ2n) is 7.23. The molecule has 0 radical (unpaired) electrons. The lowest BCUT2D eigenvalue weighted by molar-refractivity contribution is 0.0591. The summed E-state index contributed by atoms with van der Waals surface area (Å²) in [5.74, 6) is 0.349. The van der Waals surface area contributed by atoms with Gasteiger partial charge in [-0.15, -0.1) is 0 Å². The van der Waals surface area contributed by atoms with Gasteiger partial charge in [0.2, 0.25) is 0 Å². The van der Waals surface area contributed by atoms with Crippen LogP contribution in [0.15, 0.2) is 0 Å². The van der Waals surface area contributed by atoms with E-state index >= 15 is 0 Å². The molecule has 0 spiro atoms. The molecule has 0 fully saturated rings. The highest BCUT2D eigenvalue weighted by Crippen LogP contribution is 2.13. The van der Waals surface area contributed by atoms with Crippen molar-refractivity contribution in [2.45, 2.75) is 96.8 Å². The van der Waals surface area contributed by atoms with Crippen molar-refractivity contribution in [3.8, 4) is 0 Å². The van der Waals surface area contributed by atoms with E-state index in [1.165, 1.54) is 89.9 Å². The van der Waals surface area contributed by atoms with Gasteiger partial charge in [-0.3, -0.25) is 0 Å². The molecule has 146 valence electrons. The van der Waals surface area contributed by atoms with Gasteiger partial charge in [0.25, 0.3) is 0 Å². The van der Waals surface area contributed by atoms with Gasteiger partial charge in [0.05, 0.1) is 13.2 Å². The van der Waals surface area contributed by atoms with Crippen molar-refractivity contribution in [1.82, 2.24) is 0 Å². The molecule has 0 aromatic carbocycles. The molecule has 1 unspecified atom stereocenters. The zero-order valence-corrected chi connectivity index (χ0v) is 16.7. The predicted molar refractivity (Wildman–Crippen MR) is 106 cm³/mol. The van der Waals surface area contributed by atoms with E-state index in [-0.39, 0.29) is 0 Å². The average Bonchev–Trinajstić information content (AvgIpc) is 2.60. The number of unbranched alkanes of at least 4 members (excludes halogenated alkanes) is 13. The van der Waals surface area contributed by atoms with Crippen LogP contribution in [0.25, 0.3) is 0 Å². The molecule has 0 amide bonds. The van der Waals surface area contributed by atoms with E-state index < -0.39 is 0 Å². The fourth-order valence-corrected chi connectivity index (χ4v) is 3.07. The Labute approximate surface area is 152 Å². The van der Waals surface area contributed by atoms with E-state index in [9.17, 15) is 0 Å². The van der Waals surface area contributed by atoms with Gasteiger partial charge in [-0.05, 0) is 13.0 Å². The molecule has 2 N–H and O–H groups in total. The summed E-state index contributed by atoms with van der Waals surface area (Å²) < 4.78 is 10.8. The Hall–Kier alpha value is -0.120. The third-order valence-corrected chi connectivity index (χ3v) is 4.73. The molecule has 24 heavy (non-hydrogen) atoms. The highest BCUT2D eigenvalue weighted by atomic mass is 16.5. The van der Waals surface area contributed by atoms with Gasteiger partial charge >= 0.3 is 0 Å². The lowest BCUT2D eigenvalue weighted by Crippen LogP contribution is -2.24. The second-order valence-corrected chi connectivity index (χ2v) is 7.23. The molecule has 0 aliphatic carbocycles. The largest absolute Gasteiger partial charge is 0.384 e. The van der Waals surface area contributed by atoms with Crippen LogP contribution in [-0.4, -0.2) is 33.5 Å². The van der Waals surface area contributed by atoms with E-state index in [1.54, 1.807) is 7.11 Å². The number of hydrogen-bond acceptors (Lipinski definition) is 3. The second kappa shape index (κ2) is 20.9. The molecule has 0 bridgehead atoms. The summed E-state index contributed by atoms with van der Waals surface area (Å²) >= 11 is 0. The molecule has 1 atom stereocenters. The quantitative estimate of drug-likeness (QED) is 0.288. The summed E-state index contributed by atoms with van der Waals surface area (Å²) in [7, 11) is 1.72. The highest BCUT2D eigenvalue weighted by molar-refractivity contribution is 4.57. The molecule has 0 saturated heterocycles. The fourth-order valence-electron chi connectivity index (χ4n) is 3.07. The fraction of sp³-hybridized carbons (Fsp3) is 1.00. The third-order valence-electron chi connectivity index (χ3n) is 4.73. The molecule has 0 aliphatic rings. The maximum absolute atomic E-state index is 5.69. The zero-order chi connectivity index (χ0) is 17.7. The minimum absolute atomic E-state index is 0.349. The lowest BCUT2D eigenvalue weighted by Gasteiger charge is -2.13. The molecule has 0 saturated carbocycles. The van der Waals surface area contributed by atoms with E-state index in [0.717, 1.165) is 13.2 Å². The van der Waals surface area contributed by atoms with Crippen molar-refractivity contribution in [3.05, 3.63) is 0 Å². The standard InChI is InChI=1S/C21H45NO2/c1-3-4-5-6-7-8-9-10-11-12-13-14-15-16-17-24-20-21(18-22)19-23-2/h21H,3-20,22H2,1-2H3. The van der Waals surface area contributed by atoms with Gasteiger partial charge in [0.1, 0.15) is 0 Å². The normalized spacial score (nSPS) is 12.6. The van der Waals surface area contributed by atoms with E-state index in [0.29, 0.717) is 19.1 Å². The first-order valence-corrected chi connectivity index (χ1v) is 10.6. The Bertz CT molecular complexity index is 224. The van der Waals surface area contributed by atoms with E-state index in [4.69, 9.17) is 15.2 Å². The first-order valence-electron chi connectivity index (χ1n) is 10.6. The lowest BCUT2D eigenvalue weighted by atomic mass is 10.0. The first kappa shape index (κ1) is 23.9. The summed E-state index contributed by atoms with van der Waals surface area (Å²) in [6.07, 6.45) is 19.6. The predicted octanol–water partition coefficient (Wildman–Crippen LogP) is 5.71. The van der Waals surface area contributed by atoms with Crippen LogP contribution >= 0.6 is 0 Å². The van der Waals surface area contributed by atoms with Gasteiger partial charge in [0, 0.05) is 19.6 Å². The molecule has 0 aliphatic heterocycles. The van der Waals surface area contributed by atoms with Gasteiger partial charge in [0.15, 0.2) is 0 Å². The summed E-state index contributed by atoms with van der Waals surface area (Å²) in [4.78, 5) is 0. The molecular formula is C21H45NO2. The number of methoxy groups -OCH3 is 1. The molecular weight excluding hydrogens is 298 g/mol. The summed E-state index contributed by atoms with van der Waals surface area (Å²) in [6.45, 7) is 5.25. The highest BCUT2D eigenvalue weighted by Gasteiger charge is 2.05. The van der Waals surface area contributed by atoms with Crippen molar-refractivity contribution < 1.29 is 9.47 Å². The van der Waals surface area contributed by atoms with Crippen LogP contribution in [-0.2, 0) is 9.47 Å². The van der Waals surface area contributed by atoms with Crippen molar-refractivity contribution in [1.29, 1.82) is 0 Å². The Morgan fingerprint density at radius 2 is 1.12 bits per heavy atom. The average molecular weight is 344 g/mol. The molecule has 0 aromatic heterocycles. The monoisotopic (exact) mass is 343 g/mol. The van der Waals surface area contributed by atoms with Crippen LogP contribution in [0.2, 0.25) is 0 Å². The molecule has 0 aromatic rings. The van der Waals surface area contributed by atoms with Crippen LogP contribution in [0.1, 0.15) is 96.8 Å². The van der Waals surface area contributed by atoms with Gasteiger partial charge in [-0.1, -0.05) is 90.4 Å². The Morgan fingerprint density at radius 3 is 1.54 bits per heavy atom. The van der Waals surface area contributed by atoms with Crippen molar-refractivity contribution in [2.75, 3.05) is 33.5 Å². The smallest absolute Gasteiger partial charge is 0.0528 e. The van der Waals surface area contributed by atoms with Crippen LogP contribution in [0.3, 0.4) is 0 Å². The van der Waals surface area contributed by atoms with Crippen LogP contribution < -0.4 is 5.73 Å². The van der Waals surface area contributed by atoms with E-state index in [1.807, 2.05) is 0 Å². The third kappa shape index (κ3) is 18.2. The van der Waals surface area contributed by atoms with Gasteiger partial charge in [-0.2, -0.15) is 0 Å². The van der Waals surface area contributed by atoms with Crippen LogP contribution in [0.4, 0.5) is 0 Å². The number of rotatable bonds is 20. The summed E-state index contributed by atoms with van der Waals surface area (Å²) in [5.41, 5.74) is 5.67. The Balaban J connectivity index is 3.07. The van der Waals surface area contributed by atoms with Crippen LogP contribution in [0, 0.1) is 5.92 Å². The van der Waals surface area contributed by atoms with Gasteiger partial charge in [-0.25, -0.2) is 0 Å². The van der Waals surface area contributed by atoms with Gasteiger partial charge < -0.3 is 15.2 Å². The topological polar surface area (TPSA) is 44.5 Å². The minimum atomic E-state index is 0.349. The SMILES string of the molecule is CCCCCCCCCCCCCCCCOCC(CN)COC. The number of ether oxygens (including phenoxy) is 2. The van der Waals surface area contributed by atoms with Crippen LogP contribution in [0.5, 0.6) is 0 Å². The molecule has 3 nitrogen and oxygen atoms in total. The van der Waals surface area contributed by atoms with Crippen molar-refractivity contribution in [2.24, 2.45) is 11.7 Å². The molecule has 3 heteroatoms. The summed E-state index contributed by atoms with van der Waals surface area (Å²) in [6, 6.07) is 0. The Kier molecular flexibility index (Phi) is 20.8. The number of nitrogens with two attached hydrogens (primary N) is 1. The maximum Gasteiger partial charge on any atom is 0.0528 e. The van der Waals surface area contributed by atoms with Crippen molar-refractivity contribution >= 4 is 0 Å².